The minimum absolute atomic E-state index is 0. The number of nitrogens with zero attached hydrogens (tertiary/aromatic N) is 4. The van der Waals surface area contributed by atoms with Crippen LogP contribution in [-0.4, -0.2) is 34.9 Å². The first-order valence-electron chi connectivity index (χ1n) is 9.85. The predicted octanol–water partition coefficient (Wildman–Crippen LogP) is 3.48. The van der Waals surface area contributed by atoms with E-state index in [9.17, 15) is 5.26 Å². The Hall–Kier alpha value is -2.28. The van der Waals surface area contributed by atoms with Gasteiger partial charge in [-0.2, -0.15) is 10.4 Å². The average molecular weight is 509 g/mol. The highest BCUT2D eigenvalue weighted by Gasteiger charge is 2.16. The number of halogens is 1. The van der Waals surface area contributed by atoms with Crippen LogP contribution in [0.5, 0.6) is 0 Å². The lowest BCUT2D eigenvalue weighted by Crippen LogP contribution is -2.44. The topological polar surface area (TPSA) is 104 Å². The van der Waals surface area contributed by atoms with Crippen LogP contribution in [0.15, 0.2) is 35.3 Å². The van der Waals surface area contributed by atoms with Crippen molar-refractivity contribution in [2.24, 2.45) is 10.9 Å². The van der Waals surface area contributed by atoms with Crippen LogP contribution in [0.3, 0.4) is 0 Å². The smallest absolute Gasteiger partial charge is 0.191 e. The number of nitriles is 1. The lowest BCUT2D eigenvalue weighted by molar-refractivity contribution is 0.481. The molecular weight excluding hydrogens is 477 g/mol. The lowest BCUT2D eigenvalue weighted by atomic mass is 10.1. The molecule has 1 aromatic heterocycles. The zero-order valence-electron chi connectivity index (χ0n) is 17.6. The molecule has 158 valence electrons. The predicted molar refractivity (Wildman–Crippen MR) is 130 cm³/mol. The molecule has 0 saturated carbocycles. The highest BCUT2D eigenvalue weighted by Crippen LogP contribution is 2.21. The molecule has 0 radical (unpaired) electrons. The first kappa shape index (κ1) is 24.8. The number of benzene rings is 1. The second-order valence-electron chi connectivity index (χ2n) is 7.11. The van der Waals surface area contributed by atoms with Crippen LogP contribution in [0.4, 0.5) is 5.82 Å². The molecule has 0 aliphatic heterocycles. The second-order valence-corrected chi connectivity index (χ2v) is 7.11. The van der Waals surface area contributed by atoms with Crippen LogP contribution < -0.4 is 16.4 Å². The first-order valence-corrected chi connectivity index (χ1v) is 9.85. The van der Waals surface area contributed by atoms with E-state index in [0.29, 0.717) is 42.0 Å². The van der Waals surface area contributed by atoms with Crippen LogP contribution in [0.1, 0.15) is 45.4 Å². The van der Waals surface area contributed by atoms with Gasteiger partial charge < -0.3 is 16.4 Å². The highest BCUT2D eigenvalue weighted by molar-refractivity contribution is 14.0. The number of aliphatic imine (C=N–C) groups is 1. The number of rotatable bonds is 8. The van der Waals surface area contributed by atoms with Gasteiger partial charge in [-0.3, -0.25) is 4.99 Å². The summed E-state index contributed by atoms with van der Waals surface area (Å²) in [5.74, 6) is 1.72. The molecule has 0 saturated heterocycles. The van der Waals surface area contributed by atoms with Crippen LogP contribution in [0.25, 0.3) is 5.69 Å². The molecule has 1 aromatic carbocycles. The maximum atomic E-state index is 9.49. The van der Waals surface area contributed by atoms with Crippen molar-refractivity contribution >= 4 is 35.8 Å². The Morgan fingerprint density at radius 2 is 1.97 bits per heavy atom. The highest BCUT2D eigenvalue weighted by atomic mass is 127. The van der Waals surface area contributed by atoms with Crippen molar-refractivity contribution in [2.45, 2.75) is 46.6 Å². The summed E-state index contributed by atoms with van der Waals surface area (Å²) >= 11 is 0. The van der Waals surface area contributed by atoms with Gasteiger partial charge in [-0.25, -0.2) is 4.68 Å². The number of hydrogen-bond acceptors (Lipinski definition) is 4. The van der Waals surface area contributed by atoms with Crippen LogP contribution in [-0.2, 0) is 6.42 Å². The first-order chi connectivity index (χ1) is 13.5. The fourth-order valence-electron chi connectivity index (χ4n) is 2.68. The van der Waals surface area contributed by atoms with Crippen molar-refractivity contribution in [3.8, 4) is 11.8 Å². The summed E-state index contributed by atoms with van der Waals surface area (Å²) in [6.45, 7) is 10.0. The minimum atomic E-state index is 0. The molecule has 0 aliphatic rings. The normalized spacial score (nSPS) is 12.2. The summed E-state index contributed by atoms with van der Waals surface area (Å²) in [5, 5.41) is 20.8. The van der Waals surface area contributed by atoms with Crippen LogP contribution in [0.2, 0.25) is 0 Å². The monoisotopic (exact) mass is 509 g/mol. The molecule has 2 rings (SSSR count). The molecule has 0 amide bonds. The minimum Gasteiger partial charge on any atom is -0.382 e. The number of para-hydroxylation sites is 1. The molecule has 7 nitrogen and oxygen atoms in total. The van der Waals surface area contributed by atoms with E-state index in [0.717, 1.165) is 24.6 Å². The number of nitrogens with two attached hydrogens (primary N) is 1. The van der Waals surface area contributed by atoms with Crippen molar-refractivity contribution in [3.63, 3.8) is 0 Å². The molecule has 0 fully saturated rings. The summed E-state index contributed by atoms with van der Waals surface area (Å²) in [7, 11) is 0. The average Bonchev–Trinajstić information content (AvgIpc) is 3.01. The quantitative estimate of drug-likeness (QED) is 0.219. The number of nitrogen functional groups attached to an aromatic ring is 1. The standard InChI is InChI=1S/C21H31N7.HI/c1-5-24-21(26-16(4)15(2)3)25-13-9-12-19-18(14-22)20(23)28(27-19)17-10-7-6-8-11-17;/h6-8,10-11,15-16H,5,9,12-13,23H2,1-4H3,(H2,24,25,26);1H. The van der Waals surface area contributed by atoms with E-state index < -0.39 is 0 Å². The van der Waals surface area contributed by atoms with Crippen molar-refractivity contribution in [2.75, 3.05) is 18.8 Å². The Bertz CT molecular complexity index is 822. The van der Waals surface area contributed by atoms with Gasteiger partial charge in [0, 0.05) is 19.1 Å². The van der Waals surface area contributed by atoms with Crippen molar-refractivity contribution in [1.82, 2.24) is 20.4 Å². The summed E-state index contributed by atoms with van der Waals surface area (Å²) in [6.07, 6.45) is 1.43. The molecule has 0 aliphatic carbocycles. The molecule has 1 heterocycles. The van der Waals surface area contributed by atoms with E-state index in [1.807, 2.05) is 30.3 Å². The summed E-state index contributed by atoms with van der Waals surface area (Å²) in [5.41, 5.74) is 8.17. The number of hydrogen-bond donors (Lipinski definition) is 3. The van der Waals surface area contributed by atoms with Gasteiger partial charge in [0.15, 0.2) is 5.96 Å². The zero-order chi connectivity index (χ0) is 20.5. The zero-order valence-corrected chi connectivity index (χ0v) is 20.0. The van der Waals surface area contributed by atoms with E-state index in [-0.39, 0.29) is 24.0 Å². The Morgan fingerprint density at radius 1 is 1.28 bits per heavy atom. The van der Waals surface area contributed by atoms with Gasteiger partial charge in [-0.05, 0) is 44.7 Å². The van der Waals surface area contributed by atoms with E-state index in [2.05, 4.69) is 54.5 Å². The summed E-state index contributed by atoms with van der Waals surface area (Å²) in [6, 6.07) is 12.1. The SMILES string of the molecule is CCNC(=NCCCc1nn(-c2ccccc2)c(N)c1C#N)NC(C)C(C)C.I. The molecule has 1 atom stereocenters. The van der Waals surface area contributed by atoms with Gasteiger partial charge in [0.1, 0.15) is 17.5 Å². The van der Waals surface area contributed by atoms with Crippen molar-refractivity contribution in [3.05, 3.63) is 41.6 Å². The Kier molecular flexibility index (Phi) is 10.5. The van der Waals surface area contributed by atoms with Gasteiger partial charge in [-0.1, -0.05) is 32.0 Å². The molecule has 29 heavy (non-hydrogen) atoms. The molecule has 1 unspecified atom stereocenters. The van der Waals surface area contributed by atoms with E-state index in [1.165, 1.54) is 0 Å². The largest absolute Gasteiger partial charge is 0.382 e. The third-order valence-electron chi connectivity index (χ3n) is 4.66. The maximum absolute atomic E-state index is 9.49. The van der Waals surface area contributed by atoms with Gasteiger partial charge in [0.05, 0.1) is 11.4 Å². The lowest BCUT2D eigenvalue weighted by Gasteiger charge is -2.20. The third kappa shape index (κ3) is 6.92. The van der Waals surface area contributed by atoms with Gasteiger partial charge in [0.25, 0.3) is 0 Å². The molecule has 0 bridgehead atoms. The van der Waals surface area contributed by atoms with E-state index in [4.69, 9.17) is 5.73 Å². The van der Waals surface area contributed by atoms with Crippen LogP contribution >= 0.6 is 24.0 Å². The second kappa shape index (κ2) is 12.3. The van der Waals surface area contributed by atoms with E-state index in [1.54, 1.807) is 4.68 Å². The molecular formula is C21H32IN7. The van der Waals surface area contributed by atoms with E-state index >= 15 is 0 Å². The van der Waals surface area contributed by atoms with Gasteiger partial charge in [-0.15, -0.1) is 24.0 Å². The molecule has 2 aromatic rings. The number of anilines is 1. The summed E-state index contributed by atoms with van der Waals surface area (Å²) in [4.78, 5) is 4.64. The number of aryl methyl sites for hydroxylation is 1. The Morgan fingerprint density at radius 3 is 2.55 bits per heavy atom. The fraction of sp³-hybridized carbons (Fsp3) is 0.476. The fourth-order valence-corrected chi connectivity index (χ4v) is 2.68. The Balaban J connectivity index is 0.00000420. The number of guanidine groups is 1. The molecule has 8 heteroatoms. The molecule has 4 N–H and O–H groups in total. The molecule has 0 spiro atoms. The Labute approximate surface area is 190 Å². The third-order valence-corrected chi connectivity index (χ3v) is 4.66. The number of aromatic nitrogens is 2. The van der Waals surface area contributed by atoms with Gasteiger partial charge in [0.2, 0.25) is 0 Å². The van der Waals surface area contributed by atoms with Crippen molar-refractivity contribution in [1.29, 1.82) is 5.26 Å². The summed E-state index contributed by atoms with van der Waals surface area (Å²) < 4.78 is 1.63. The van der Waals surface area contributed by atoms with Crippen molar-refractivity contribution < 1.29 is 0 Å². The maximum Gasteiger partial charge on any atom is 0.191 e. The number of nitrogens with one attached hydrogen (secondary N) is 2. The van der Waals surface area contributed by atoms with Crippen LogP contribution in [0, 0.1) is 17.2 Å². The van der Waals surface area contributed by atoms with Gasteiger partial charge >= 0.3 is 0 Å².